The first-order chi connectivity index (χ1) is 27.9. The molecule has 5 heterocycles. The molecule has 9 rings (SSSR count). The van der Waals surface area contributed by atoms with E-state index in [1.165, 1.54) is 66.0 Å². The molecular formula is C45H49FN8O3. The summed E-state index contributed by atoms with van der Waals surface area (Å²) in [5.41, 5.74) is 4.36. The number of fused-ring (bicyclic) bond motifs is 2. The first-order valence-electron chi connectivity index (χ1n) is 20.6. The van der Waals surface area contributed by atoms with E-state index >= 15 is 0 Å². The number of carbonyl (C=O) groups is 1. The van der Waals surface area contributed by atoms with Gasteiger partial charge in [-0.05, 0) is 125 Å². The number of pyridine rings is 1. The van der Waals surface area contributed by atoms with Gasteiger partial charge in [-0.25, -0.2) is 18.7 Å². The van der Waals surface area contributed by atoms with E-state index in [1.54, 1.807) is 6.21 Å². The van der Waals surface area contributed by atoms with Crippen molar-refractivity contribution in [1.29, 1.82) is 0 Å². The molecule has 294 valence electrons. The number of aromatic nitrogens is 3. The van der Waals surface area contributed by atoms with Crippen molar-refractivity contribution in [2.45, 2.75) is 88.5 Å². The Hall–Kier alpha value is -5.46. The molecule has 0 bridgehead atoms. The molecule has 1 unspecified atom stereocenters. The lowest BCUT2D eigenvalue weighted by atomic mass is 9.90. The van der Waals surface area contributed by atoms with E-state index < -0.39 is 29.1 Å². The summed E-state index contributed by atoms with van der Waals surface area (Å²) in [6.07, 6.45) is 11.3. The minimum absolute atomic E-state index is 0.0442. The molecule has 0 radical (unpaired) electrons. The highest BCUT2D eigenvalue weighted by Gasteiger charge is 2.30. The number of para-hydroxylation sites is 2. The van der Waals surface area contributed by atoms with Crippen LogP contribution in [0, 0.1) is 5.82 Å². The molecule has 0 spiro atoms. The number of anilines is 1. The minimum Gasteiger partial charge on any atom is -0.368 e. The van der Waals surface area contributed by atoms with Crippen LogP contribution >= 0.6 is 0 Å². The summed E-state index contributed by atoms with van der Waals surface area (Å²) in [6, 6.07) is 24.6. The van der Waals surface area contributed by atoms with E-state index in [0.717, 1.165) is 54.4 Å². The Balaban J connectivity index is 0.907. The number of nitrogens with one attached hydrogen (secondary N) is 2. The molecule has 3 aliphatic heterocycles. The van der Waals surface area contributed by atoms with E-state index in [-0.39, 0.29) is 23.0 Å². The molecule has 1 saturated carbocycles. The topological polar surface area (TPSA) is 117 Å². The second-order valence-corrected chi connectivity index (χ2v) is 16.1. The number of nitrogens with zero attached hydrogens (tertiary/aromatic N) is 6. The van der Waals surface area contributed by atoms with E-state index in [0.29, 0.717) is 31.4 Å². The Morgan fingerprint density at radius 2 is 1.58 bits per heavy atom. The number of amides is 1. The van der Waals surface area contributed by atoms with Gasteiger partial charge in [0, 0.05) is 30.9 Å². The second-order valence-electron chi connectivity index (χ2n) is 16.1. The highest BCUT2D eigenvalue weighted by atomic mass is 19.1. The van der Waals surface area contributed by atoms with Gasteiger partial charge < -0.3 is 15.5 Å². The average molecular weight is 769 g/mol. The maximum absolute atomic E-state index is 14.6. The van der Waals surface area contributed by atoms with Gasteiger partial charge in [0.15, 0.2) is 5.65 Å². The van der Waals surface area contributed by atoms with Crippen LogP contribution < -0.4 is 21.9 Å². The Kier molecular flexibility index (Phi) is 10.5. The maximum Gasteiger partial charge on any atom is 0.337 e. The van der Waals surface area contributed by atoms with Crippen LogP contribution in [0.4, 0.5) is 15.8 Å². The number of rotatable bonds is 8. The third-order valence-electron chi connectivity index (χ3n) is 12.4. The summed E-state index contributed by atoms with van der Waals surface area (Å²) in [5, 5.41) is 6.40. The number of carbonyl (C=O) groups excluding carboxylic acids is 1. The van der Waals surface area contributed by atoms with Gasteiger partial charge >= 0.3 is 5.69 Å². The monoisotopic (exact) mass is 768 g/mol. The molecule has 3 aromatic carbocycles. The van der Waals surface area contributed by atoms with Crippen molar-refractivity contribution in [2.75, 3.05) is 31.5 Å². The van der Waals surface area contributed by atoms with E-state index in [1.807, 2.05) is 48.5 Å². The van der Waals surface area contributed by atoms with Gasteiger partial charge in [0.2, 0.25) is 5.91 Å². The van der Waals surface area contributed by atoms with Crippen LogP contribution in [-0.4, -0.2) is 80.3 Å². The quantitative estimate of drug-likeness (QED) is 0.183. The molecule has 2 saturated heterocycles. The average Bonchev–Trinajstić information content (AvgIpc) is 3.25. The Labute approximate surface area is 331 Å². The highest BCUT2D eigenvalue weighted by Crippen LogP contribution is 2.31. The highest BCUT2D eigenvalue weighted by molar-refractivity contribution is 6.03. The van der Waals surface area contributed by atoms with Gasteiger partial charge in [0.05, 0.1) is 28.6 Å². The van der Waals surface area contributed by atoms with E-state index in [4.69, 9.17) is 0 Å². The lowest BCUT2D eigenvalue weighted by Gasteiger charge is -2.40. The first kappa shape index (κ1) is 37.1. The molecule has 3 fully saturated rings. The molecule has 11 nitrogen and oxygen atoms in total. The number of piperidine rings is 2. The number of hydrogen-bond donors (Lipinski definition) is 2. The first-order valence-corrected chi connectivity index (χ1v) is 20.6. The van der Waals surface area contributed by atoms with Crippen molar-refractivity contribution >= 4 is 34.5 Å². The van der Waals surface area contributed by atoms with Gasteiger partial charge in [-0.1, -0.05) is 55.0 Å². The summed E-state index contributed by atoms with van der Waals surface area (Å²) in [4.78, 5) is 55.5. The SMILES string of the molecule is O=C(N[C@H]1CC[C@@H](n2c(=O)c3cc(F)cnc3n(-c3cccc(-c4ccc(CN5CCC(N6CCCCC6)CC5)cc4)c3)c2=O)CC1)C1C=Nc2ccccc2N1. The zero-order chi connectivity index (χ0) is 38.9. The lowest BCUT2D eigenvalue weighted by Crippen LogP contribution is -2.48. The van der Waals surface area contributed by atoms with Crippen LogP contribution in [-0.2, 0) is 11.3 Å². The Morgan fingerprint density at radius 3 is 2.37 bits per heavy atom. The molecule has 4 aliphatic rings. The van der Waals surface area contributed by atoms with Crippen molar-refractivity contribution in [3.05, 3.63) is 117 Å². The van der Waals surface area contributed by atoms with E-state index in [9.17, 15) is 18.8 Å². The summed E-state index contributed by atoms with van der Waals surface area (Å²) in [5.74, 6) is -0.827. The number of benzene rings is 3. The van der Waals surface area contributed by atoms with Gasteiger partial charge in [-0.2, -0.15) is 0 Å². The lowest BCUT2D eigenvalue weighted by molar-refractivity contribution is -0.121. The summed E-state index contributed by atoms with van der Waals surface area (Å²) in [7, 11) is 0. The summed E-state index contributed by atoms with van der Waals surface area (Å²) in [6.45, 7) is 5.68. The molecule has 1 aliphatic carbocycles. The largest absolute Gasteiger partial charge is 0.368 e. The fourth-order valence-corrected chi connectivity index (χ4v) is 9.32. The van der Waals surface area contributed by atoms with Crippen molar-refractivity contribution in [3.63, 3.8) is 0 Å². The zero-order valence-electron chi connectivity index (χ0n) is 32.2. The summed E-state index contributed by atoms with van der Waals surface area (Å²) < 4.78 is 17.3. The smallest absolute Gasteiger partial charge is 0.337 e. The van der Waals surface area contributed by atoms with Gasteiger partial charge in [-0.15, -0.1) is 0 Å². The summed E-state index contributed by atoms with van der Waals surface area (Å²) >= 11 is 0. The van der Waals surface area contributed by atoms with Crippen molar-refractivity contribution in [1.82, 2.24) is 29.2 Å². The van der Waals surface area contributed by atoms with Crippen LogP contribution in [0.15, 0.2) is 99.6 Å². The molecule has 1 atom stereocenters. The number of aliphatic imine (C=N–C) groups is 1. The number of hydrogen-bond acceptors (Lipinski definition) is 8. The molecule has 1 amide bonds. The van der Waals surface area contributed by atoms with Crippen molar-refractivity contribution in [3.8, 4) is 16.8 Å². The standard InChI is InChI=1S/C45H49FN8O3/c46-33-26-38-42(48-27-33)53(45(57)54(44(38)56)36-17-15-34(16-18-36)49-43(55)41-28-47-39-9-2-3-10-40(39)50-41)37-8-6-7-32(25-37)31-13-11-30(12-14-31)29-51-23-19-35(20-24-51)52-21-4-1-5-22-52/h2-3,6-14,25-28,34-36,41,50H,1,4-5,15-24,29H2,(H,49,55)/t34-,36+,41?. The van der Waals surface area contributed by atoms with Crippen LogP contribution in [0.3, 0.4) is 0 Å². The minimum atomic E-state index is -0.648. The predicted octanol–water partition coefficient (Wildman–Crippen LogP) is 6.60. The molecular weight excluding hydrogens is 720 g/mol. The molecule has 12 heteroatoms. The van der Waals surface area contributed by atoms with Crippen LogP contribution in [0.2, 0.25) is 0 Å². The second kappa shape index (κ2) is 16.2. The maximum atomic E-state index is 14.6. The Morgan fingerprint density at radius 1 is 0.807 bits per heavy atom. The normalized spacial score (nSPS) is 21.9. The van der Waals surface area contributed by atoms with Crippen molar-refractivity contribution in [2.24, 2.45) is 4.99 Å². The van der Waals surface area contributed by atoms with Gasteiger partial charge in [0.1, 0.15) is 11.9 Å². The number of likely N-dealkylation sites (tertiary alicyclic amines) is 2. The third-order valence-corrected chi connectivity index (χ3v) is 12.4. The fraction of sp³-hybridized carbons (Fsp3) is 0.400. The van der Waals surface area contributed by atoms with Crippen LogP contribution in [0.5, 0.6) is 0 Å². The van der Waals surface area contributed by atoms with Gasteiger partial charge in [0.25, 0.3) is 5.56 Å². The fourth-order valence-electron chi connectivity index (χ4n) is 9.32. The molecule has 5 aromatic rings. The molecule has 2 aromatic heterocycles. The molecule has 2 N–H and O–H groups in total. The van der Waals surface area contributed by atoms with Crippen molar-refractivity contribution < 1.29 is 9.18 Å². The Bertz CT molecular complexity index is 2400. The van der Waals surface area contributed by atoms with E-state index in [2.05, 4.69) is 54.7 Å². The predicted molar refractivity (Wildman–Crippen MR) is 222 cm³/mol. The molecule has 57 heavy (non-hydrogen) atoms. The number of halogens is 1. The van der Waals surface area contributed by atoms with Gasteiger partial charge in [-0.3, -0.25) is 24.0 Å². The van der Waals surface area contributed by atoms with Crippen LogP contribution in [0.25, 0.3) is 27.8 Å². The van der Waals surface area contributed by atoms with Crippen LogP contribution in [0.1, 0.15) is 69.4 Å². The third kappa shape index (κ3) is 7.80. The zero-order valence-corrected chi connectivity index (χ0v) is 32.2.